The molecule has 82 valence electrons. The van der Waals surface area contributed by atoms with E-state index in [4.69, 9.17) is 5.53 Å². The fourth-order valence-electron chi connectivity index (χ4n) is 1.46. The SMILES string of the molecule is [N-]=[N+]=Nc1ccc(/C=C/c2ccccc2)cc1. The summed E-state index contributed by atoms with van der Waals surface area (Å²) < 4.78 is 0. The summed E-state index contributed by atoms with van der Waals surface area (Å²) in [4.78, 5) is 2.74. The van der Waals surface area contributed by atoms with Crippen LogP contribution >= 0.6 is 0 Å². The van der Waals surface area contributed by atoms with E-state index in [-0.39, 0.29) is 0 Å². The van der Waals surface area contributed by atoms with Crippen LogP contribution in [0.1, 0.15) is 11.1 Å². The summed E-state index contributed by atoms with van der Waals surface area (Å²) in [5.74, 6) is 0. The standard InChI is InChI=1S/C14H11N3/c15-17-16-14-10-8-13(9-11-14)7-6-12-4-2-1-3-5-12/h1-11H/b7-6+. The highest BCUT2D eigenvalue weighted by Gasteiger charge is 1.89. The van der Waals surface area contributed by atoms with E-state index in [1.165, 1.54) is 0 Å². The van der Waals surface area contributed by atoms with E-state index in [1.807, 2.05) is 54.6 Å². The highest BCUT2D eigenvalue weighted by molar-refractivity contribution is 5.70. The lowest BCUT2D eigenvalue weighted by Crippen LogP contribution is -1.71. The zero-order valence-electron chi connectivity index (χ0n) is 9.19. The molecule has 2 rings (SSSR count). The van der Waals surface area contributed by atoms with Crippen molar-refractivity contribution in [3.05, 3.63) is 76.2 Å². The molecule has 3 nitrogen and oxygen atoms in total. The Kier molecular flexibility index (Phi) is 3.58. The van der Waals surface area contributed by atoms with Crippen molar-refractivity contribution in [1.29, 1.82) is 0 Å². The van der Waals surface area contributed by atoms with Gasteiger partial charge in [-0.05, 0) is 16.7 Å². The van der Waals surface area contributed by atoms with Gasteiger partial charge in [-0.25, -0.2) is 0 Å². The van der Waals surface area contributed by atoms with Crippen LogP contribution in [0.2, 0.25) is 0 Å². The lowest BCUT2D eigenvalue weighted by molar-refractivity contribution is 1.47. The third kappa shape index (κ3) is 3.23. The number of rotatable bonds is 3. The minimum atomic E-state index is 0.629. The van der Waals surface area contributed by atoms with Crippen LogP contribution < -0.4 is 0 Å². The molecule has 0 heterocycles. The van der Waals surface area contributed by atoms with Gasteiger partial charge in [-0.15, -0.1) is 0 Å². The maximum Gasteiger partial charge on any atom is 0.0375 e. The van der Waals surface area contributed by atoms with Crippen LogP contribution in [-0.2, 0) is 0 Å². The van der Waals surface area contributed by atoms with Crippen molar-refractivity contribution in [2.45, 2.75) is 0 Å². The molecule has 0 N–H and O–H groups in total. The van der Waals surface area contributed by atoms with Gasteiger partial charge in [-0.2, -0.15) is 0 Å². The molecule has 0 fully saturated rings. The van der Waals surface area contributed by atoms with Crippen molar-refractivity contribution in [3.63, 3.8) is 0 Å². The molecule has 0 saturated carbocycles. The number of hydrogen-bond donors (Lipinski definition) is 0. The molecule has 2 aromatic carbocycles. The van der Waals surface area contributed by atoms with Crippen LogP contribution in [0.5, 0.6) is 0 Å². The zero-order chi connectivity index (χ0) is 11.9. The Morgan fingerprint density at radius 2 is 1.41 bits per heavy atom. The first-order chi connectivity index (χ1) is 8.38. The maximum atomic E-state index is 8.29. The summed E-state index contributed by atoms with van der Waals surface area (Å²) in [5.41, 5.74) is 11.1. The molecule has 0 unspecified atom stereocenters. The average molecular weight is 221 g/mol. The zero-order valence-corrected chi connectivity index (χ0v) is 9.19. The van der Waals surface area contributed by atoms with E-state index in [9.17, 15) is 0 Å². The fraction of sp³-hybridized carbons (Fsp3) is 0. The van der Waals surface area contributed by atoms with Gasteiger partial charge in [0, 0.05) is 10.6 Å². The summed E-state index contributed by atoms with van der Waals surface area (Å²) >= 11 is 0. The molecule has 0 aliphatic heterocycles. The minimum absolute atomic E-state index is 0.629. The van der Waals surface area contributed by atoms with E-state index in [1.54, 1.807) is 12.1 Å². The molecule has 0 bridgehead atoms. The lowest BCUT2D eigenvalue weighted by atomic mass is 10.1. The molecule has 0 aromatic heterocycles. The van der Waals surface area contributed by atoms with E-state index in [0.717, 1.165) is 11.1 Å². The molecular formula is C14H11N3. The average Bonchev–Trinajstić information content (AvgIpc) is 2.40. The van der Waals surface area contributed by atoms with Gasteiger partial charge >= 0.3 is 0 Å². The fourth-order valence-corrected chi connectivity index (χ4v) is 1.46. The molecule has 0 atom stereocenters. The summed E-state index contributed by atoms with van der Waals surface area (Å²) in [6.45, 7) is 0. The van der Waals surface area contributed by atoms with Crippen molar-refractivity contribution in [2.24, 2.45) is 5.11 Å². The highest BCUT2D eigenvalue weighted by atomic mass is 15.1. The summed E-state index contributed by atoms with van der Waals surface area (Å²) in [7, 11) is 0. The molecule has 0 saturated heterocycles. The molecule has 0 amide bonds. The van der Waals surface area contributed by atoms with Crippen molar-refractivity contribution in [3.8, 4) is 0 Å². The van der Waals surface area contributed by atoms with Crippen LogP contribution in [0.25, 0.3) is 22.6 Å². The minimum Gasteiger partial charge on any atom is -0.0622 e. The number of hydrogen-bond acceptors (Lipinski definition) is 1. The Labute approximate surface area is 99.7 Å². The van der Waals surface area contributed by atoms with E-state index in [2.05, 4.69) is 10.0 Å². The van der Waals surface area contributed by atoms with E-state index in [0.29, 0.717) is 5.69 Å². The van der Waals surface area contributed by atoms with Crippen molar-refractivity contribution in [2.75, 3.05) is 0 Å². The molecule has 0 radical (unpaired) electrons. The van der Waals surface area contributed by atoms with Crippen LogP contribution in [0, 0.1) is 0 Å². The van der Waals surface area contributed by atoms with Gasteiger partial charge in [0.1, 0.15) is 0 Å². The van der Waals surface area contributed by atoms with Crippen molar-refractivity contribution in [1.82, 2.24) is 0 Å². The topological polar surface area (TPSA) is 48.8 Å². The normalized spacial score (nSPS) is 10.1. The third-order valence-electron chi connectivity index (χ3n) is 2.32. The Hall–Kier alpha value is -2.51. The Bertz CT molecular complexity index is 550. The largest absolute Gasteiger partial charge is 0.0622 e. The molecule has 0 spiro atoms. The van der Waals surface area contributed by atoms with Crippen LogP contribution in [0.3, 0.4) is 0 Å². The van der Waals surface area contributed by atoms with Gasteiger partial charge in [-0.3, -0.25) is 0 Å². The van der Waals surface area contributed by atoms with Crippen LogP contribution in [-0.4, -0.2) is 0 Å². The molecule has 3 heteroatoms. The monoisotopic (exact) mass is 221 g/mol. The first-order valence-corrected chi connectivity index (χ1v) is 5.27. The van der Waals surface area contributed by atoms with Crippen LogP contribution in [0.4, 0.5) is 5.69 Å². The lowest BCUT2D eigenvalue weighted by Gasteiger charge is -1.95. The predicted octanol–water partition coefficient (Wildman–Crippen LogP) is 4.80. The summed E-state index contributed by atoms with van der Waals surface area (Å²) in [6, 6.07) is 17.5. The van der Waals surface area contributed by atoms with Gasteiger partial charge in [0.15, 0.2) is 0 Å². The number of nitrogens with zero attached hydrogens (tertiary/aromatic N) is 3. The van der Waals surface area contributed by atoms with Gasteiger partial charge in [0.25, 0.3) is 0 Å². The van der Waals surface area contributed by atoms with Gasteiger partial charge in [-0.1, -0.05) is 71.9 Å². The Morgan fingerprint density at radius 1 is 0.824 bits per heavy atom. The third-order valence-corrected chi connectivity index (χ3v) is 2.32. The first-order valence-electron chi connectivity index (χ1n) is 5.27. The predicted molar refractivity (Wildman–Crippen MR) is 70.6 cm³/mol. The molecular weight excluding hydrogens is 210 g/mol. The molecule has 2 aromatic rings. The number of benzene rings is 2. The van der Waals surface area contributed by atoms with Gasteiger partial charge in [0.05, 0.1) is 0 Å². The quantitative estimate of drug-likeness (QED) is 0.309. The summed E-state index contributed by atoms with van der Waals surface area (Å²) in [6.07, 6.45) is 4.07. The molecule has 17 heavy (non-hydrogen) atoms. The second kappa shape index (κ2) is 5.54. The van der Waals surface area contributed by atoms with Gasteiger partial charge < -0.3 is 0 Å². The van der Waals surface area contributed by atoms with E-state index < -0.39 is 0 Å². The number of azide groups is 1. The highest BCUT2D eigenvalue weighted by Crippen LogP contribution is 2.15. The molecule has 0 aliphatic rings. The first kappa shape index (κ1) is 11.0. The maximum absolute atomic E-state index is 8.29. The van der Waals surface area contributed by atoms with Gasteiger partial charge in [0.2, 0.25) is 0 Å². The molecule has 0 aliphatic carbocycles. The second-order valence-electron chi connectivity index (χ2n) is 3.52. The van der Waals surface area contributed by atoms with Crippen molar-refractivity contribution >= 4 is 17.8 Å². The van der Waals surface area contributed by atoms with E-state index >= 15 is 0 Å². The Morgan fingerprint density at radius 3 is 2.00 bits per heavy atom. The summed E-state index contributed by atoms with van der Waals surface area (Å²) in [5, 5.41) is 3.52. The smallest absolute Gasteiger partial charge is 0.0375 e. The Balaban J connectivity index is 2.14. The van der Waals surface area contributed by atoms with Crippen LogP contribution in [0.15, 0.2) is 59.7 Å². The second-order valence-corrected chi connectivity index (χ2v) is 3.52. The van der Waals surface area contributed by atoms with Crippen molar-refractivity contribution < 1.29 is 0 Å².